The van der Waals surface area contributed by atoms with E-state index < -0.39 is 17.6 Å². The number of rotatable bonds is 8. The molecular weight excluding hydrogens is 511 g/mol. The van der Waals surface area contributed by atoms with Gasteiger partial charge in [0.25, 0.3) is 5.91 Å². The molecule has 1 aliphatic heterocycles. The Bertz CT molecular complexity index is 1440. The van der Waals surface area contributed by atoms with Crippen molar-refractivity contribution in [3.05, 3.63) is 84.5 Å². The largest absolute Gasteiger partial charge is 0.492 e. The fraction of sp³-hybridized carbons (Fsp3) is 0.250. The Morgan fingerprint density at radius 1 is 1.15 bits per heavy atom. The van der Waals surface area contributed by atoms with E-state index in [0.717, 1.165) is 37.1 Å². The van der Waals surface area contributed by atoms with E-state index >= 15 is 0 Å². The number of aromatic nitrogens is 2. The number of carbonyl (C=O) groups is 1. The second-order valence-electron chi connectivity index (χ2n) is 9.26. The Kier molecular flexibility index (Phi) is 7.51. The van der Waals surface area contributed by atoms with E-state index in [2.05, 4.69) is 25.5 Å². The summed E-state index contributed by atoms with van der Waals surface area (Å²) in [6.07, 6.45) is 1.73. The Labute approximate surface area is 222 Å². The monoisotopic (exact) mass is 537 g/mol. The Hall–Kier alpha value is -4.38. The number of benzene rings is 2. The molecule has 0 saturated carbocycles. The minimum atomic E-state index is -4.61. The van der Waals surface area contributed by atoms with Crippen molar-refractivity contribution in [3.8, 4) is 17.1 Å². The molecule has 2 aromatic heterocycles. The highest BCUT2D eigenvalue weighted by Gasteiger charge is 2.32. The number of ether oxygens (including phenoxy) is 1. The van der Waals surface area contributed by atoms with Gasteiger partial charge in [0.05, 0.1) is 17.3 Å². The smallest absolute Gasteiger partial charge is 0.416 e. The molecule has 1 aliphatic rings. The summed E-state index contributed by atoms with van der Waals surface area (Å²) in [6, 6.07) is 13.7. The zero-order chi connectivity index (χ0) is 27.4. The van der Waals surface area contributed by atoms with Crippen LogP contribution in [-0.2, 0) is 6.18 Å². The van der Waals surface area contributed by atoms with Crippen LogP contribution in [-0.4, -0.2) is 47.0 Å². The van der Waals surface area contributed by atoms with E-state index in [4.69, 9.17) is 9.15 Å². The number of carbonyl (C=O) groups excluding carboxylic acids is 1. The lowest BCUT2D eigenvalue weighted by Gasteiger charge is -2.20. The predicted octanol–water partition coefficient (Wildman–Crippen LogP) is 6.22. The molecule has 0 aliphatic carbocycles. The minimum absolute atomic E-state index is 0.0354. The van der Waals surface area contributed by atoms with Crippen molar-refractivity contribution in [1.29, 1.82) is 0 Å². The topological polar surface area (TPSA) is 92.5 Å². The molecule has 2 aromatic carbocycles. The number of hydrogen-bond donors (Lipinski definition) is 2. The van der Waals surface area contributed by atoms with Gasteiger partial charge in [0, 0.05) is 35.2 Å². The van der Waals surface area contributed by atoms with Crippen LogP contribution in [0.15, 0.2) is 77.8 Å². The van der Waals surface area contributed by atoms with Gasteiger partial charge in [-0.2, -0.15) is 13.2 Å². The lowest BCUT2D eigenvalue weighted by Crippen LogP contribution is -2.30. The first kappa shape index (κ1) is 26.2. The molecule has 1 atom stereocenters. The van der Waals surface area contributed by atoms with Crippen molar-refractivity contribution in [2.75, 3.05) is 30.8 Å². The maximum atomic E-state index is 13.6. The van der Waals surface area contributed by atoms with Gasteiger partial charge in [0.1, 0.15) is 18.2 Å². The van der Waals surface area contributed by atoms with Crippen molar-refractivity contribution in [3.63, 3.8) is 0 Å². The molecule has 0 unspecified atom stereocenters. The van der Waals surface area contributed by atoms with Crippen LogP contribution in [0, 0.1) is 0 Å². The van der Waals surface area contributed by atoms with Crippen molar-refractivity contribution < 1.29 is 27.1 Å². The van der Waals surface area contributed by atoms with E-state index in [-0.39, 0.29) is 35.5 Å². The average molecular weight is 538 g/mol. The molecule has 0 radical (unpaired) electrons. The van der Waals surface area contributed by atoms with Gasteiger partial charge in [-0.15, -0.1) is 0 Å². The second-order valence-corrected chi connectivity index (χ2v) is 9.26. The average Bonchev–Trinajstić information content (AvgIpc) is 3.59. The number of hydrogen-bond acceptors (Lipinski definition) is 7. The first-order valence-electron chi connectivity index (χ1n) is 12.3. The highest BCUT2D eigenvalue weighted by atomic mass is 19.4. The van der Waals surface area contributed by atoms with Crippen LogP contribution >= 0.6 is 0 Å². The molecule has 3 heterocycles. The minimum Gasteiger partial charge on any atom is -0.492 e. The van der Waals surface area contributed by atoms with Crippen molar-refractivity contribution in [2.24, 2.45) is 0 Å². The van der Waals surface area contributed by atoms with Gasteiger partial charge < -0.3 is 24.7 Å². The first-order chi connectivity index (χ1) is 18.8. The molecule has 1 amide bonds. The first-order valence-corrected chi connectivity index (χ1v) is 12.3. The number of anilines is 3. The molecule has 1 fully saturated rings. The van der Waals surface area contributed by atoms with Gasteiger partial charge in [-0.1, -0.05) is 12.1 Å². The summed E-state index contributed by atoms with van der Waals surface area (Å²) in [4.78, 5) is 23.5. The fourth-order valence-corrected chi connectivity index (χ4v) is 4.43. The molecular formula is C28H26F3N5O3. The van der Waals surface area contributed by atoms with Gasteiger partial charge in [-0.25, -0.2) is 9.97 Å². The standard InChI is InChI=1S/C28H26F3N5O3/c1-36-10-4-7-22(36)16-38-23-13-19(28(29,30)31)12-21(14-23)35-27(37)24-8-3-9-33-26(24)34-20-6-2-5-18(11-20)25-15-32-17-39-25/h2-3,5-6,8-9,11-15,17,22H,4,7,10,16H2,1H3,(H,33,34)(H,35,37)/t22-/m1/s1. The Morgan fingerprint density at radius 2 is 2.03 bits per heavy atom. The van der Waals surface area contributed by atoms with Crippen LogP contribution in [0.2, 0.25) is 0 Å². The van der Waals surface area contributed by atoms with Crippen molar-refractivity contribution in [1.82, 2.24) is 14.9 Å². The number of pyridine rings is 1. The third-order valence-electron chi connectivity index (χ3n) is 6.50. The number of oxazole rings is 1. The molecule has 39 heavy (non-hydrogen) atoms. The van der Waals surface area contributed by atoms with Gasteiger partial charge in [0.2, 0.25) is 0 Å². The van der Waals surface area contributed by atoms with Crippen LogP contribution in [0.25, 0.3) is 11.3 Å². The molecule has 202 valence electrons. The van der Waals surface area contributed by atoms with E-state index in [9.17, 15) is 18.0 Å². The number of halogens is 3. The zero-order valence-corrected chi connectivity index (χ0v) is 21.0. The summed E-state index contributed by atoms with van der Waals surface area (Å²) < 4.78 is 52.0. The predicted molar refractivity (Wildman–Crippen MR) is 140 cm³/mol. The molecule has 11 heteroatoms. The summed E-state index contributed by atoms with van der Waals surface area (Å²) in [7, 11) is 1.96. The van der Waals surface area contributed by atoms with Gasteiger partial charge in [0.15, 0.2) is 12.2 Å². The second kappa shape index (κ2) is 11.2. The summed E-state index contributed by atoms with van der Waals surface area (Å²) in [5.74, 6) is 0.212. The number of nitrogens with zero attached hydrogens (tertiary/aromatic N) is 3. The number of alkyl halides is 3. The van der Waals surface area contributed by atoms with Crippen molar-refractivity contribution >= 4 is 23.1 Å². The number of likely N-dealkylation sites (tertiary alicyclic amines) is 1. The fourth-order valence-electron chi connectivity index (χ4n) is 4.43. The molecule has 2 N–H and O–H groups in total. The third-order valence-corrected chi connectivity index (χ3v) is 6.50. The van der Waals surface area contributed by atoms with Gasteiger partial charge in [-0.05, 0) is 62.8 Å². The summed E-state index contributed by atoms with van der Waals surface area (Å²) in [5.41, 5.74) is 0.591. The molecule has 0 bridgehead atoms. The maximum Gasteiger partial charge on any atom is 0.416 e. The van der Waals surface area contributed by atoms with Crippen molar-refractivity contribution in [2.45, 2.75) is 25.1 Å². The summed E-state index contributed by atoms with van der Waals surface area (Å²) in [5, 5.41) is 5.68. The van der Waals surface area contributed by atoms with Crippen LogP contribution in [0.5, 0.6) is 5.75 Å². The van der Waals surface area contributed by atoms with Crippen LogP contribution < -0.4 is 15.4 Å². The summed E-state index contributed by atoms with van der Waals surface area (Å²) >= 11 is 0. The zero-order valence-electron chi connectivity index (χ0n) is 21.0. The molecule has 4 aromatic rings. The van der Waals surface area contributed by atoms with E-state index in [1.54, 1.807) is 30.5 Å². The number of amides is 1. The lowest BCUT2D eigenvalue weighted by molar-refractivity contribution is -0.137. The van der Waals surface area contributed by atoms with Gasteiger partial charge >= 0.3 is 6.18 Å². The van der Waals surface area contributed by atoms with Gasteiger partial charge in [-0.3, -0.25) is 4.79 Å². The Balaban J connectivity index is 1.36. The van der Waals surface area contributed by atoms with Crippen LogP contribution in [0.1, 0.15) is 28.8 Å². The SMILES string of the molecule is CN1CCC[C@@H]1COc1cc(NC(=O)c2cccnc2Nc2cccc(-c3cnco3)c2)cc(C(F)(F)F)c1. The van der Waals surface area contributed by atoms with E-state index in [1.165, 1.54) is 24.7 Å². The number of nitrogens with one attached hydrogen (secondary N) is 2. The number of likely N-dealkylation sites (N-methyl/N-ethyl adjacent to an activating group) is 1. The maximum absolute atomic E-state index is 13.6. The highest BCUT2D eigenvalue weighted by Crippen LogP contribution is 2.35. The molecule has 5 rings (SSSR count). The highest BCUT2D eigenvalue weighted by molar-refractivity contribution is 6.08. The third kappa shape index (κ3) is 6.37. The molecule has 0 spiro atoms. The molecule has 8 nitrogen and oxygen atoms in total. The Morgan fingerprint density at radius 3 is 2.77 bits per heavy atom. The summed E-state index contributed by atoms with van der Waals surface area (Å²) in [6.45, 7) is 1.18. The van der Waals surface area contributed by atoms with Crippen LogP contribution in [0.3, 0.4) is 0 Å². The molecule has 1 saturated heterocycles. The van der Waals surface area contributed by atoms with Crippen LogP contribution in [0.4, 0.5) is 30.4 Å². The quantitative estimate of drug-likeness (QED) is 0.276. The van der Waals surface area contributed by atoms with E-state index in [1.807, 2.05) is 13.1 Å². The lowest BCUT2D eigenvalue weighted by atomic mass is 10.1. The van der Waals surface area contributed by atoms with E-state index in [0.29, 0.717) is 11.4 Å². The normalized spacial score (nSPS) is 15.7.